The van der Waals surface area contributed by atoms with E-state index in [1.54, 1.807) is 0 Å². The molecule has 1 heterocycles. The van der Waals surface area contributed by atoms with Crippen molar-refractivity contribution in [2.75, 3.05) is 0 Å². The zero-order chi connectivity index (χ0) is 12.6. The largest absolute Gasteiger partial charge is 0.506 e. The molecule has 4 nitrogen and oxygen atoms in total. The first-order valence-electron chi connectivity index (χ1n) is 4.74. The number of hydrogen-bond acceptors (Lipinski definition) is 3. The lowest BCUT2D eigenvalue weighted by Crippen LogP contribution is -2.15. The van der Waals surface area contributed by atoms with Gasteiger partial charge in [0, 0.05) is 5.56 Å². The van der Waals surface area contributed by atoms with E-state index in [9.17, 15) is 14.3 Å². The molecule has 0 spiro atoms. The predicted octanol–water partition coefficient (Wildman–Crippen LogP) is 2.24. The molecule has 88 valence electrons. The number of benzene rings is 1. The molecule has 0 unspecified atom stereocenters. The van der Waals surface area contributed by atoms with Crippen LogP contribution < -0.4 is 5.56 Å². The fourth-order valence-corrected chi connectivity index (χ4v) is 1.54. The van der Waals surface area contributed by atoms with Crippen LogP contribution in [-0.2, 0) is 0 Å². The summed E-state index contributed by atoms with van der Waals surface area (Å²) in [5, 5.41) is 9.39. The number of hydrogen-bond donors (Lipinski definition) is 2. The van der Waals surface area contributed by atoms with Gasteiger partial charge in [-0.25, -0.2) is 4.98 Å². The number of nitrogens with zero attached hydrogens (tertiary/aromatic N) is 1. The Labute approximate surface area is 101 Å². The lowest BCUT2D eigenvalue weighted by atomic mass is 10.2. The summed E-state index contributed by atoms with van der Waals surface area (Å²) in [6.45, 7) is 1.40. The van der Waals surface area contributed by atoms with Gasteiger partial charge in [-0.3, -0.25) is 4.79 Å². The van der Waals surface area contributed by atoms with Crippen LogP contribution in [0.2, 0.25) is 5.02 Å². The van der Waals surface area contributed by atoms with Crippen LogP contribution in [0, 0.1) is 12.7 Å². The summed E-state index contributed by atoms with van der Waals surface area (Å²) in [6, 6.07) is 4.33. The first-order valence-corrected chi connectivity index (χ1v) is 5.12. The van der Waals surface area contributed by atoms with Crippen LogP contribution in [0.1, 0.15) is 5.69 Å². The van der Waals surface area contributed by atoms with Crippen molar-refractivity contribution in [3.05, 3.63) is 45.1 Å². The van der Waals surface area contributed by atoms with Gasteiger partial charge in [0.05, 0.1) is 10.7 Å². The van der Waals surface area contributed by atoms with Crippen molar-refractivity contribution in [1.29, 1.82) is 0 Å². The average molecular weight is 255 g/mol. The first-order chi connectivity index (χ1) is 7.99. The third kappa shape index (κ3) is 2.14. The molecule has 0 bridgehead atoms. The molecule has 0 aliphatic carbocycles. The number of H-pyrrole nitrogens is 1. The molecule has 17 heavy (non-hydrogen) atoms. The van der Waals surface area contributed by atoms with Crippen molar-refractivity contribution in [1.82, 2.24) is 9.97 Å². The van der Waals surface area contributed by atoms with Gasteiger partial charge < -0.3 is 10.1 Å². The van der Waals surface area contributed by atoms with Crippen LogP contribution >= 0.6 is 11.6 Å². The van der Waals surface area contributed by atoms with E-state index < -0.39 is 11.4 Å². The smallest absolute Gasteiger partial charge is 0.287 e. The Morgan fingerprint density at radius 2 is 2.18 bits per heavy atom. The van der Waals surface area contributed by atoms with Gasteiger partial charge in [-0.05, 0) is 25.1 Å². The fraction of sp³-hybridized carbons (Fsp3) is 0.0909. The summed E-state index contributed by atoms with van der Waals surface area (Å²) >= 11 is 5.73. The summed E-state index contributed by atoms with van der Waals surface area (Å²) in [6.07, 6.45) is 0. The van der Waals surface area contributed by atoms with Crippen molar-refractivity contribution >= 4 is 11.6 Å². The van der Waals surface area contributed by atoms with E-state index in [2.05, 4.69) is 9.97 Å². The topological polar surface area (TPSA) is 66.0 Å². The minimum atomic E-state index is -0.904. The molecule has 0 radical (unpaired) electrons. The van der Waals surface area contributed by atoms with E-state index in [0.29, 0.717) is 5.56 Å². The summed E-state index contributed by atoms with van der Waals surface area (Å²) in [4.78, 5) is 17.4. The minimum absolute atomic E-state index is 0.00736. The SMILES string of the molecule is Cc1nc(-c2ccc(O)c(Cl)c2)[nH]c(=O)c1F. The third-order valence-electron chi connectivity index (χ3n) is 2.25. The van der Waals surface area contributed by atoms with E-state index in [-0.39, 0.29) is 22.3 Å². The highest BCUT2D eigenvalue weighted by molar-refractivity contribution is 6.32. The Kier molecular flexibility index (Phi) is 2.85. The molecule has 0 aliphatic heterocycles. The summed E-state index contributed by atoms with van der Waals surface area (Å²) < 4.78 is 13.1. The minimum Gasteiger partial charge on any atom is -0.506 e. The number of phenolic OH excluding ortho intramolecular Hbond substituents is 1. The fourth-order valence-electron chi connectivity index (χ4n) is 1.36. The van der Waals surface area contributed by atoms with Crippen LogP contribution in [-0.4, -0.2) is 15.1 Å². The predicted molar refractivity (Wildman–Crippen MR) is 61.7 cm³/mol. The van der Waals surface area contributed by atoms with E-state index in [0.717, 1.165) is 0 Å². The molecule has 0 saturated heterocycles. The van der Waals surface area contributed by atoms with Gasteiger partial charge in [-0.2, -0.15) is 4.39 Å². The van der Waals surface area contributed by atoms with Crippen LogP contribution in [0.15, 0.2) is 23.0 Å². The Morgan fingerprint density at radius 1 is 1.47 bits per heavy atom. The molecule has 6 heteroatoms. The number of aryl methyl sites for hydroxylation is 1. The molecule has 0 saturated carbocycles. The molecular weight excluding hydrogens is 247 g/mol. The number of phenols is 1. The molecule has 1 aromatic heterocycles. The van der Waals surface area contributed by atoms with Crippen LogP contribution in [0.3, 0.4) is 0 Å². The highest BCUT2D eigenvalue weighted by atomic mass is 35.5. The number of nitrogens with one attached hydrogen (secondary N) is 1. The zero-order valence-corrected chi connectivity index (χ0v) is 9.55. The monoisotopic (exact) mass is 254 g/mol. The van der Waals surface area contributed by atoms with Gasteiger partial charge >= 0.3 is 0 Å². The number of aromatic nitrogens is 2. The first kappa shape index (κ1) is 11.6. The molecule has 2 N–H and O–H groups in total. The normalized spacial score (nSPS) is 10.5. The zero-order valence-electron chi connectivity index (χ0n) is 8.79. The number of rotatable bonds is 1. The van der Waals surface area contributed by atoms with Crippen molar-refractivity contribution in [2.45, 2.75) is 6.92 Å². The number of halogens is 2. The highest BCUT2D eigenvalue weighted by Crippen LogP contribution is 2.27. The molecule has 0 amide bonds. The second kappa shape index (κ2) is 4.18. The summed E-state index contributed by atoms with van der Waals surface area (Å²) in [7, 11) is 0. The Bertz CT molecular complexity index is 640. The van der Waals surface area contributed by atoms with E-state index in [1.165, 1.54) is 25.1 Å². The van der Waals surface area contributed by atoms with E-state index in [1.807, 2.05) is 0 Å². The second-order valence-corrected chi connectivity index (χ2v) is 3.89. The van der Waals surface area contributed by atoms with Gasteiger partial charge in [0.25, 0.3) is 5.56 Å². The van der Waals surface area contributed by atoms with Crippen LogP contribution in [0.5, 0.6) is 5.75 Å². The summed E-state index contributed by atoms with van der Waals surface area (Å²) in [5.74, 6) is -0.772. The molecule has 2 aromatic rings. The highest BCUT2D eigenvalue weighted by Gasteiger charge is 2.09. The van der Waals surface area contributed by atoms with Gasteiger partial charge in [0.15, 0.2) is 0 Å². The molecule has 0 fully saturated rings. The van der Waals surface area contributed by atoms with Crippen LogP contribution in [0.4, 0.5) is 4.39 Å². The van der Waals surface area contributed by atoms with Crippen molar-refractivity contribution < 1.29 is 9.50 Å². The van der Waals surface area contributed by atoms with Gasteiger partial charge in [0.1, 0.15) is 11.6 Å². The Hall–Kier alpha value is -1.88. The summed E-state index contributed by atoms with van der Waals surface area (Å²) in [5.41, 5.74) is -0.336. The molecular formula is C11H8ClFN2O2. The standard InChI is InChI=1S/C11H8ClFN2O2/c1-5-9(13)11(17)15-10(14-5)6-2-3-8(16)7(12)4-6/h2-4,16H,1H3,(H,14,15,17). The third-order valence-corrected chi connectivity index (χ3v) is 2.55. The maximum atomic E-state index is 13.1. The number of aromatic amines is 1. The van der Waals surface area contributed by atoms with Crippen LogP contribution in [0.25, 0.3) is 11.4 Å². The lowest BCUT2D eigenvalue weighted by Gasteiger charge is -2.04. The van der Waals surface area contributed by atoms with Gasteiger partial charge in [-0.15, -0.1) is 0 Å². The second-order valence-electron chi connectivity index (χ2n) is 3.48. The molecule has 0 atom stereocenters. The van der Waals surface area contributed by atoms with E-state index in [4.69, 9.17) is 11.6 Å². The molecule has 1 aromatic carbocycles. The van der Waals surface area contributed by atoms with Gasteiger partial charge in [0.2, 0.25) is 5.82 Å². The Morgan fingerprint density at radius 3 is 2.76 bits per heavy atom. The Balaban J connectivity index is 2.61. The maximum Gasteiger partial charge on any atom is 0.287 e. The number of aromatic hydroxyl groups is 1. The van der Waals surface area contributed by atoms with E-state index >= 15 is 0 Å². The van der Waals surface area contributed by atoms with Crippen molar-refractivity contribution in [3.8, 4) is 17.1 Å². The maximum absolute atomic E-state index is 13.1. The average Bonchev–Trinajstić information content (AvgIpc) is 2.29. The molecule has 0 aliphatic rings. The van der Waals surface area contributed by atoms with Crippen molar-refractivity contribution in [2.24, 2.45) is 0 Å². The lowest BCUT2D eigenvalue weighted by molar-refractivity contribution is 0.475. The quantitative estimate of drug-likeness (QED) is 0.820. The van der Waals surface area contributed by atoms with Gasteiger partial charge in [-0.1, -0.05) is 11.6 Å². The molecule has 2 rings (SSSR count). The van der Waals surface area contributed by atoms with Crippen molar-refractivity contribution in [3.63, 3.8) is 0 Å².